The molecule has 1 unspecified atom stereocenters. The summed E-state index contributed by atoms with van der Waals surface area (Å²) in [5.74, 6) is 0.910. The molecule has 0 radical (unpaired) electrons. The average molecular weight is 297 g/mol. The van der Waals surface area contributed by atoms with Crippen LogP contribution in [0.15, 0.2) is 54.6 Å². The average Bonchev–Trinajstić information content (AvgIpc) is 2.93. The van der Waals surface area contributed by atoms with Crippen molar-refractivity contribution in [2.24, 2.45) is 0 Å². The van der Waals surface area contributed by atoms with Crippen LogP contribution in [0.5, 0.6) is 5.75 Å². The Kier molecular flexibility index (Phi) is 4.11. The predicted molar refractivity (Wildman–Crippen MR) is 91.5 cm³/mol. The van der Waals surface area contributed by atoms with Gasteiger partial charge in [0.1, 0.15) is 5.75 Å². The molecule has 0 saturated carbocycles. The van der Waals surface area contributed by atoms with Gasteiger partial charge in [-0.1, -0.05) is 30.3 Å². The maximum atomic E-state index is 5.67. The predicted octanol–water partition coefficient (Wildman–Crippen LogP) is 5.47. The van der Waals surface area contributed by atoms with E-state index in [1.165, 1.54) is 15.0 Å². The van der Waals surface area contributed by atoms with E-state index in [2.05, 4.69) is 48.6 Å². The molecule has 3 rings (SSSR count). The molecule has 3 aromatic rings. The van der Waals surface area contributed by atoms with Gasteiger partial charge >= 0.3 is 0 Å². The molecule has 0 aliphatic heterocycles. The zero-order chi connectivity index (χ0) is 14.7. The highest BCUT2D eigenvalue weighted by Crippen LogP contribution is 2.33. The van der Waals surface area contributed by atoms with E-state index in [4.69, 9.17) is 4.74 Å². The Morgan fingerprint density at radius 3 is 2.67 bits per heavy atom. The van der Waals surface area contributed by atoms with Crippen molar-refractivity contribution < 1.29 is 4.74 Å². The number of hydrogen-bond donors (Lipinski definition) is 1. The molecule has 0 spiro atoms. The molecule has 1 N–H and O–H groups in total. The lowest BCUT2D eigenvalue weighted by molar-refractivity contribution is 0.341. The largest absolute Gasteiger partial charge is 0.492 e. The molecule has 108 valence electrons. The highest BCUT2D eigenvalue weighted by atomic mass is 32.1. The number of nitrogens with one attached hydrogen (secondary N) is 1. The molecule has 1 heterocycles. The summed E-state index contributed by atoms with van der Waals surface area (Å²) in [5.41, 5.74) is 1.05. The second-order valence-corrected chi connectivity index (χ2v) is 6.10. The van der Waals surface area contributed by atoms with Gasteiger partial charge in [0.25, 0.3) is 0 Å². The second-order valence-electron chi connectivity index (χ2n) is 4.98. The van der Waals surface area contributed by atoms with Crippen molar-refractivity contribution in [2.75, 3.05) is 11.9 Å². The summed E-state index contributed by atoms with van der Waals surface area (Å²) in [6.45, 7) is 4.87. The van der Waals surface area contributed by atoms with E-state index in [9.17, 15) is 0 Å². The highest BCUT2D eigenvalue weighted by Gasteiger charge is 2.11. The molecule has 0 bridgehead atoms. The van der Waals surface area contributed by atoms with Crippen LogP contribution in [0.4, 0.5) is 5.69 Å². The third-order valence-electron chi connectivity index (χ3n) is 3.43. The summed E-state index contributed by atoms with van der Waals surface area (Å²) in [6, 6.07) is 19.1. The van der Waals surface area contributed by atoms with Gasteiger partial charge in [-0.3, -0.25) is 0 Å². The lowest BCUT2D eigenvalue weighted by atomic mass is 10.2. The fourth-order valence-electron chi connectivity index (χ4n) is 2.39. The minimum absolute atomic E-state index is 0.254. The van der Waals surface area contributed by atoms with Gasteiger partial charge in [-0.2, -0.15) is 0 Å². The monoisotopic (exact) mass is 297 g/mol. The molecule has 0 aliphatic rings. The van der Waals surface area contributed by atoms with Crippen LogP contribution in [0.3, 0.4) is 0 Å². The first-order valence-corrected chi connectivity index (χ1v) is 8.06. The van der Waals surface area contributed by atoms with Crippen LogP contribution in [0.2, 0.25) is 0 Å². The van der Waals surface area contributed by atoms with Gasteiger partial charge in [0, 0.05) is 9.58 Å². The van der Waals surface area contributed by atoms with Gasteiger partial charge in [0.05, 0.1) is 18.3 Å². The first-order chi connectivity index (χ1) is 10.3. The van der Waals surface area contributed by atoms with Gasteiger partial charge in [-0.25, -0.2) is 0 Å². The summed E-state index contributed by atoms with van der Waals surface area (Å²) < 4.78 is 7.01. The number of fused-ring (bicyclic) bond motifs is 1. The molecule has 0 fully saturated rings. The summed E-state index contributed by atoms with van der Waals surface area (Å²) in [5, 5.41) is 4.87. The normalized spacial score (nSPS) is 12.3. The van der Waals surface area contributed by atoms with Crippen LogP contribution in [0, 0.1) is 0 Å². The molecule has 0 aliphatic carbocycles. The van der Waals surface area contributed by atoms with Gasteiger partial charge in [-0.15, -0.1) is 11.3 Å². The maximum Gasteiger partial charge on any atom is 0.142 e. The van der Waals surface area contributed by atoms with E-state index in [1.54, 1.807) is 0 Å². The fraction of sp³-hybridized carbons (Fsp3) is 0.222. The van der Waals surface area contributed by atoms with Crippen molar-refractivity contribution in [3.63, 3.8) is 0 Å². The number of para-hydroxylation sites is 2. The quantitative estimate of drug-likeness (QED) is 0.674. The molecule has 21 heavy (non-hydrogen) atoms. The Bertz CT molecular complexity index is 702. The summed E-state index contributed by atoms with van der Waals surface area (Å²) >= 11 is 1.84. The van der Waals surface area contributed by atoms with Gasteiger partial charge in [-0.05, 0) is 43.5 Å². The topological polar surface area (TPSA) is 21.3 Å². The van der Waals surface area contributed by atoms with Crippen molar-refractivity contribution in [2.45, 2.75) is 19.9 Å². The third kappa shape index (κ3) is 3.03. The molecular weight excluding hydrogens is 278 g/mol. The van der Waals surface area contributed by atoms with Crippen LogP contribution in [-0.2, 0) is 0 Å². The smallest absolute Gasteiger partial charge is 0.142 e. The van der Waals surface area contributed by atoms with Crippen molar-refractivity contribution >= 4 is 27.1 Å². The van der Waals surface area contributed by atoms with Crippen LogP contribution < -0.4 is 10.1 Å². The molecule has 3 heteroatoms. The zero-order valence-electron chi connectivity index (χ0n) is 12.3. The standard InChI is InChI=1S/C18H19NOS/c1-3-20-16-10-6-5-9-15(16)19-13(2)18-12-14-8-4-7-11-17(14)21-18/h4-13,19H,3H2,1-2H3. The maximum absolute atomic E-state index is 5.67. The van der Waals surface area contributed by atoms with Gasteiger partial charge in [0.15, 0.2) is 0 Å². The molecule has 1 atom stereocenters. The van der Waals surface area contributed by atoms with E-state index in [-0.39, 0.29) is 6.04 Å². The minimum atomic E-state index is 0.254. The second kappa shape index (κ2) is 6.19. The third-order valence-corrected chi connectivity index (χ3v) is 4.73. The number of anilines is 1. The van der Waals surface area contributed by atoms with Crippen LogP contribution in [-0.4, -0.2) is 6.61 Å². The Morgan fingerprint density at radius 1 is 1.10 bits per heavy atom. The molecular formula is C18H19NOS. The number of benzene rings is 2. The van der Waals surface area contributed by atoms with E-state index < -0.39 is 0 Å². The lowest BCUT2D eigenvalue weighted by Gasteiger charge is -2.17. The zero-order valence-corrected chi connectivity index (χ0v) is 13.1. The molecule has 0 saturated heterocycles. The number of hydrogen-bond acceptors (Lipinski definition) is 3. The molecule has 2 aromatic carbocycles. The molecule has 0 amide bonds. The molecule has 2 nitrogen and oxygen atoms in total. The number of ether oxygens (including phenoxy) is 1. The Labute approximate surface area is 129 Å². The highest BCUT2D eigenvalue weighted by molar-refractivity contribution is 7.19. The van der Waals surface area contributed by atoms with Crippen molar-refractivity contribution in [1.29, 1.82) is 0 Å². The Morgan fingerprint density at radius 2 is 1.86 bits per heavy atom. The number of thiophene rings is 1. The summed E-state index contributed by atoms with van der Waals surface area (Å²) in [7, 11) is 0. The first-order valence-electron chi connectivity index (χ1n) is 7.24. The van der Waals surface area contributed by atoms with Crippen LogP contribution >= 0.6 is 11.3 Å². The van der Waals surface area contributed by atoms with Crippen molar-refractivity contribution in [3.05, 3.63) is 59.5 Å². The Balaban J connectivity index is 1.84. The van der Waals surface area contributed by atoms with Gasteiger partial charge in [0.2, 0.25) is 0 Å². The van der Waals surface area contributed by atoms with Crippen LogP contribution in [0.25, 0.3) is 10.1 Å². The molecule has 1 aromatic heterocycles. The van der Waals surface area contributed by atoms with E-state index in [1.807, 2.05) is 36.5 Å². The lowest BCUT2D eigenvalue weighted by Crippen LogP contribution is -2.06. The van der Waals surface area contributed by atoms with Crippen LogP contribution in [0.1, 0.15) is 24.8 Å². The fourth-order valence-corrected chi connectivity index (χ4v) is 3.45. The van der Waals surface area contributed by atoms with E-state index >= 15 is 0 Å². The van der Waals surface area contributed by atoms with E-state index in [0.29, 0.717) is 6.61 Å². The van der Waals surface area contributed by atoms with Crippen molar-refractivity contribution in [3.8, 4) is 5.75 Å². The Hall–Kier alpha value is -2.00. The summed E-state index contributed by atoms with van der Waals surface area (Å²) in [4.78, 5) is 1.34. The SMILES string of the molecule is CCOc1ccccc1NC(C)c1cc2ccccc2s1. The summed E-state index contributed by atoms with van der Waals surface area (Å²) in [6.07, 6.45) is 0. The van der Waals surface area contributed by atoms with Crippen molar-refractivity contribution in [1.82, 2.24) is 0 Å². The number of rotatable bonds is 5. The minimum Gasteiger partial charge on any atom is -0.492 e. The first kappa shape index (κ1) is 14.0. The van der Waals surface area contributed by atoms with E-state index in [0.717, 1.165) is 11.4 Å². The van der Waals surface area contributed by atoms with Gasteiger partial charge < -0.3 is 10.1 Å².